The molecule has 0 aliphatic carbocycles. The van der Waals surface area contributed by atoms with Gasteiger partial charge in [-0.05, 0) is 64.7 Å². The Morgan fingerprint density at radius 2 is 1.66 bits per heavy atom. The van der Waals surface area contributed by atoms with Crippen LogP contribution in [0, 0.1) is 0 Å². The van der Waals surface area contributed by atoms with Gasteiger partial charge in [0.1, 0.15) is 6.04 Å². The quantitative estimate of drug-likeness (QED) is 0.176. The van der Waals surface area contributed by atoms with Gasteiger partial charge in [0, 0.05) is 17.9 Å². The smallest absolute Gasteiger partial charge is 0.416 e. The fourth-order valence-corrected chi connectivity index (χ4v) is 7.38. The number of alkyl halides is 3. The van der Waals surface area contributed by atoms with Crippen molar-refractivity contribution in [1.29, 1.82) is 0 Å². The third kappa shape index (κ3) is 6.76. The minimum absolute atomic E-state index is 0.0990. The average molecular weight is 641 g/mol. The molecule has 0 spiro atoms. The highest BCUT2D eigenvalue weighted by Gasteiger charge is 2.42. The first-order valence-electron chi connectivity index (χ1n) is 13.4. The van der Waals surface area contributed by atoms with Crippen LogP contribution >= 0.6 is 11.8 Å². The zero-order valence-corrected chi connectivity index (χ0v) is 25.0. The molecule has 1 aliphatic rings. The molecular formula is C32H27F3N2O5S2. The van der Waals surface area contributed by atoms with E-state index in [1.807, 2.05) is 18.2 Å². The second kappa shape index (κ2) is 12.7. The molecule has 228 valence electrons. The van der Waals surface area contributed by atoms with E-state index in [2.05, 4.69) is 10.1 Å². The van der Waals surface area contributed by atoms with Crippen LogP contribution in [0.2, 0.25) is 0 Å². The van der Waals surface area contributed by atoms with Gasteiger partial charge in [-0.1, -0.05) is 54.6 Å². The average Bonchev–Trinajstić information content (AvgIpc) is 3.43. The number of carbonyl (C=O) groups excluding carboxylic acids is 2. The van der Waals surface area contributed by atoms with Crippen molar-refractivity contribution >= 4 is 39.3 Å². The van der Waals surface area contributed by atoms with Crippen molar-refractivity contribution in [3.05, 3.63) is 114 Å². The lowest BCUT2D eigenvalue weighted by Gasteiger charge is -2.26. The van der Waals surface area contributed by atoms with Crippen LogP contribution in [-0.2, 0) is 43.5 Å². The third-order valence-electron chi connectivity index (χ3n) is 7.11. The highest BCUT2D eigenvalue weighted by Crippen LogP contribution is 2.38. The summed E-state index contributed by atoms with van der Waals surface area (Å²) in [4.78, 5) is 25.7. The summed E-state index contributed by atoms with van der Waals surface area (Å²) in [5.41, 5.74) is 1.75. The topological polar surface area (TPSA) is 92.8 Å². The Labute approximate surface area is 257 Å². The van der Waals surface area contributed by atoms with Crippen molar-refractivity contribution in [3.63, 3.8) is 0 Å². The number of sulfonamides is 1. The Hall–Kier alpha value is -4.29. The fraction of sp³-hybridized carbons (Fsp3) is 0.188. The summed E-state index contributed by atoms with van der Waals surface area (Å²) in [6.07, 6.45) is -4.34. The SMILES string of the molecule is COC(=O)CSc1cccc(CNC(=O)[C@@H]2Cc3ccccc3N2S(=O)(=O)c2ccc(-c3cccc(C(F)(F)F)c3)cc2)c1. The molecular weight excluding hydrogens is 613 g/mol. The predicted octanol–water partition coefficient (Wildman–Crippen LogP) is 6.07. The number of amides is 1. The number of rotatable bonds is 9. The molecule has 0 saturated heterocycles. The number of methoxy groups -OCH3 is 1. The van der Waals surface area contributed by atoms with Gasteiger partial charge in [0.05, 0.1) is 29.0 Å². The molecule has 1 N–H and O–H groups in total. The number of halogens is 3. The van der Waals surface area contributed by atoms with Crippen molar-refractivity contribution < 1.29 is 35.9 Å². The minimum Gasteiger partial charge on any atom is -0.468 e. The molecule has 1 aliphatic heterocycles. The van der Waals surface area contributed by atoms with E-state index in [4.69, 9.17) is 0 Å². The molecule has 5 rings (SSSR count). The lowest BCUT2D eigenvalue weighted by molar-refractivity contribution is -0.138. The van der Waals surface area contributed by atoms with Gasteiger partial charge in [-0.2, -0.15) is 13.2 Å². The van der Waals surface area contributed by atoms with Crippen molar-refractivity contribution in [2.75, 3.05) is 17.2 Å². The van der Waals surface area contributed by atoms with Gasteiger partial charge in [-0.25, -0.2) is 8.42 Å². The molecule has 0 fully saturated rings. The molecule has 0 aromatic heterocycles. The fourth-order valence-electron chi connectivity index (χ4n) is 4.92. The maximum Gasteiger partial charge on any atom is 0.416 e. The normalized spacial score (nSPS) is 14.6. The van der Waals surface area contributed by atoms with E-state index >= 15 is 0 Å². The second-order valence-electron chi connectivity index (χ2n) is 9.98. The van der Waals surface area contributed by atoms with Gasteiger partial charge in [0.2, 0.25) is 5.91 Å². The Bertz CT molecular complexity index is 1790. The maximum absolute atomic E-state index is 14.0. The number of anilines is 1. The van der Waals surface area contributed by atoms with Crippen LogP contribution in [0.15, 0.2) is 107 Å². The summed E-state index contributed by atoms with van der Waals surface area (Å²) in [6.45, 7) is 0.137. The molecule has 1 amide bonds. The molecule has 12 heteroatoms. The monoisotopic (exact) mass is 640 g/mol. The number of esters is 1. The first-order valence-corrected chi connectivity index (χ1v) is 15.9. The van der Waals surface area contributed by atoms with E-state index < -0.39 is 33.7 Å². The van der Waals surface area contributed by atoms with Crippen molar-refractivity contribution in [1.82, 2.24) is 5.32 Å². The van der Waals surface area contributed by atoms with Crippen LogP contribution in [0.1, 0.15) is 16.7 Å². The van der Waals surface area contributed by atoms with Crippen molar-refractivity contribution in [2.24, 2.45) is 0 Å². The summed E-state index contributed by atoms with van der Waals surface area (Å²) in [6, 6.07) is 23.4. The largest absolute Gasteiger partial charge is 0.468 e. The zero-order valence-electron chi connectivity index (χ0n) is 23.4. The lowest BCUT2D eigenvalue weighted by atomic mass is 10.0. The molecule has 0 saturated carbocycles. The van der Waals surface area contributed by atoms with Gasteiger partial charge < -0.3 is 10.1 Å². The van der Waals surface area contributed by atoms with Gasteiger partial charge in [-0.15, -0.1) is 11.8 Å². The summed E-state index contributed by atoms with van der Waals surface area (Å²) in [5.74, 6) is -0.709. The first-order chi connectivity index (χ1) is 21.0. The van der Waals surface area contributed by atoms with Gasteiger partial charge >= 0.3 is 12.1 Å². The number of nitrogens with one attached hydrogen (secondary N) is 1. The molecule has 44 heavy (non-hydrogen) atoms. The maximum atomic E-state index is 14.0. The summed E-state index contributed by atoms with van der Waals surface area (Å²) in [5, 5.41) is 2.84. The number of benzene rings is 4. The molecule has 4 aromatic rings. The lowest BCUT2D eigenvalue weighted by Crippen LogP contribution is -2.47. The Morgan fingerprint density at radius 1 is 0.932 bits per heavy atom. The number of hydrogen-bond acceptors (Lipinski definition) is 6. The number of hydrogen-bond donors (Lipinski definition) is 1. The molecule has 0 radical (unpaired) electrons. The van der Waals surface area contributed by atoms with E-state index in [0.717, 1.165) is 26.9 Å². The Balaban J connectivity index is 1.36. The van der Waals surface area contributed by atoms with Crippen molar-refractivity contribution in [3.8, 4) is 11.1 Å². The number of para-hydroxylation sites is 1. The molecule has 0 unspecified atom stereocenters. The van der Waals surface area contributed by atoms with Gasteiger partial charge in [0.25, 0.3) is 10.0 Å². The highest BCUT2D eigenvalue weighted by atomic mass is 32.2. The summed E-state index contributed by atoms with van der Waals surface area (Å²) in [7, 11) is -2.92. The predicted molar refractivity (Wildman–Crippen MR) is 162 cm³/mol. The van der Waals surface area contributed by atoms with E-state index in [0.29, 0.717) is 22.4 Å². The van der Waals surface area contributed by atoms with E-state index in [9.17, 15) is 31.2 Å². The van der Waals surface area contributed by atoms with Gasteiger partial charge in [0.15, 0.2) is 0 Å². The van der Waals surface area contributed by atoms with Crippen LogP contribution in [0.25, 0.3) is 11.1 Å². The molecule has 1 atom stereocenters. The van der Waals surface area contributed by atoms with Crippen LogP contribution < -0.4 is 9.62 Å². The van der Waals surface area contributed by atoms with Crippen LogP contribution in [0.5, 0.6) is 0 Å². The molecule has 7 nitrogen and oxygen atoms in total. The van der Waals surface area contributed by atoms with Crippen LogP contribution in [-0.4, -0.2) is 39.2 Å². The zero-order chi connectivity index (χ0) is 31.5. The second-order valence-corrected chi connectivity index (χ2v) is 12.8. The van der Waals surface area contributed by atoms with Crippen LogP contribution in [0.3, 0.4) is 0 Å². The Kier molecular flexibility index (Phi) is 9.02. The van der Waals surface area contributed by atoms with E-state index in [-0.39, 0.29) is 29.6 Å². The third-order valence-corrected chi connectivity index (χ3v) is 9.92. The minimum atomic E-state index is -4.51. The van der Waals surface area contributed by atoms with Crippen LogP contribution in [0.4, 0.5) is 18.9 Å². The number of nitrogens with zero attached hydrogens (tertiary/aromatic N) is 1. The first kappa shape index (κ1) is 31.1. The number of fused-ring (bicyclic) bond motifs is 1. The molecule has 0 bridgehead atoms. The number of carbonyl (C=O) groups is 2. The van der Waals surface area contributed by atoms with Crippen molar-refractivity contribution in [2.45, 2.75) is 35.0 Å². The Morgan fingerprint density at radius 3 is 2.39 bits per heavy atom. The molecule has 4 aromatic carbocycles. The summed E-state index contributed by atoms with van der Waals surface area (Å²) >= 11 is 1.30. The highest BCUT2D eigenvalue weighted by molar-refractivity contribution is 8.00. The standard InChI is InChI=1S/C32H27F3N2O5S2/c1-42-30(38)20-43-26-10-4-6-21(16-26)19-36-31(39)29-18-24-7-2-3-11-28(24)37(29)44(40,41)27-14-12-22(13-15-27)23-8-5-9-25(17-23)32(33,34)35/h2-17,29H,18-20H2,1H3,(H,36,39)/t29-/m0/s1. The van der Waals surface area contributed by atoms with E-state index in [1.54, 1.807) is 30.3 Å². The summed E-state index contributed by atoms with van der Waals surface area (Å²) < 4.78 is 73.3. The number of thioether (sulfide) groups is 1. The number of ether oxygens (including phenoxy) is 1. The molecule has 1 heterocycles. The van der Waals surface area contributed by atoms with E-state index in [1.165, 1.54) is 55.3 Å². The van der Waals surface area contributed by atoms with Gasteiger partial charge in [-0.3, -0.25) is 13.9 Å².